The Morgan fingerprint density at radius 3 is 2.86 bits per heavy atom. The molecule has 1 aromatic carbocycles. The van der Waals surface area contributed by atoms with Gasteiger partial charge in [-0.05, 0) is 42.2 Å². The molecule has 2 aliphatic heterocycles. The molecule has 10 nitrogen and oxygen atoms in total. The summed E-state index contributed by atoms with van der Waals surface area (Å²) in [6.07, 6.45) is 14.4. The molecular weight excluding hydrogens is 548 g/mol. The summed E-state index contributed by atoms with van der Waals surface area (Å²) in [5, 5.41) is 0. The van der Waals surface area contributed by atoms with Crippen LogP contribution in [0.25, 0.3) is 17.1 Å². The first kappa shape index (κ1) is 27.8. The number of benzene rings is 1. The zero-order valence-electron chi connectivity index (χ0n) is 23.6. The third-order valence-electron chi connectivity index (χ3n) is 7.19. The lowest BCUT2D eigenvalue weighted by Gasteiger charge is -2.25. The number of hydrogen-bond donors (Lipinski definition) is 0. The van der Waals surface area contributed by atoms with E-state index < -0.39 is 12.2 Å². The largest absolute Gasteiger partial charge is 0.481 e. The first-order chi connectivity index (χ1) is 21.1. The van der Waals surface area contributed by atoms with Crippen molar-refractivity contribution in [2.24, 2.45) is 0 Å². The van der Waals surface area contributed by atoms with E-state index in [1.165, 1.54) is 23.5 Å². The van der Waals surface area contributed by atoms with Crippen LogP contribution in [0.2, 0.25) is 0 Å². The SMILES string of the molecule is COc1ccc2nccc(/C=C/C(=O)N(Cc3ccccc3)C[C@H]3CN(C4=COC=C(C5=CC=CCC5)O4)C(=O)O3)c2n1. The van der Waals surface area contributed by atoms with E-state index in [4.69, 9.17) is 18.9 Å². The molecule has 1 aliphatic carbocycles. The molecule has 0 bridgehead atoms. The standard InChI is InChI=1S/C33H30N4O6/c1-40-29-14-13-27-32(35-29)25(16-17-34-27)12-15-30(38)36(18-23-8-4-2-5-9-23)19-26-20-37(33(39)42-26)31-22-41-21-28(43-31)24-10-6-3-7-11-24/h2-6,8-10,12-17,21-22,26H,7,11,18-20H2,1H3/b15-12+/t26-/m0/s1. The van der Waals surface area contributed by atoms with Gasteiger partial charge in [0.15, 0.2) is 12.0 Å². The normalized spacial score (nSPS) is 18.0. The number of carbonyl (C=O) groups excluding carboxylic acids is 2. The van der Waals surface area contributed by atoms with Crippen molar-refractivity contribution in [1.29, 1.82) is 0 Å². The van der Waals surface area contributed by atoms with Gasteiger partial charge in [0.2, 0.25) is 17.7 Å². The Balaban J connectivity index is 1.18. The molecule has 6 rings (SSSR count). The zero-order valence-corrected chi connectivity index (χ0v) is 23.6. The Labute approximate surface area is 248 Å². The number of rotatable bonds is 9. The predicted molar refractivity (Wildman–Crippen MR) is 159 cm³/mol. The van der Waals surface area contributed by atoms with E-state index in [0.717, 1.165) is 29.5 Å². The van der Waals surface area contributed by atoms with Crippen LogP contribution >= 0.6 is 0 Å². The molecule has 1 fully saturated rings. The molecule has 2 aromatic heterocycles. The fourth-order valence-electron chi connectivity index (χ4n) is 5.00. The summed E-state index contributed by atoms with van der Waals surface area (Å²) >= 11 is 0. The highest BCUT2D eigenvalue weighted by molar-refractivity contribution is 5.94. The van der Waals surface area contributed by atoms with Crippen molar-refractivity contribution in [2.45, 2.75) is 25.5 Å². The summed E-state index contributed by atoms with van der Waals surface area (Å²) in [6, 6.07) is 15.0. The quantitative estimate of drug-likeness (QED) is 0.308. The number of methoxy groups -OCH3 is 1. The molecule has 0 N–H and O–H groups in total. The van der Waals surface area contributed by atoms with Crippen LogP contribution in [0.4, 0.5) is 4.79 Å². The maximum absolute atomic E-state index is 13.6. The lowest BCUT2D eigenvalue weighted by molar-refractivity contribution is -0.127. The number of aromatic nitrogens is 2. The number of allylic oxidation sites excluding steroid dienone is 4. The smallest absolute Gasteiger partial charge is 0.417 e. The molecule has 1 atom stereocenters. The van der Waals surface area contributed by atoms with E-state index in [9.17, 15) is 9.59 Å². The second-order valence-corrected chi connectivity index (χ2v) is 10.1. The Morgan fingerprint density at radius 2 is 2.05 bits per heavy atom. The van der Waals surface area contributed by atoms with Gasteiger partial charge in [0.25, 0.3) is 0 Å². The maximum Gasteiger partial charge on any atom is 0.417 e. The van der Waals surface area contributed by atoms with E-state index in [1.54, 1.807) is 36.4 Å². The Morgan fingerprint density at radius 1 is 1.16 bits per heavy atom. The lowest BCUT2D eigenvalue weighted by atomic mass is 10.0. The van der Waals surface area contributed by atoms with Gasteiger partial charge in [0, 0.05) is 30.4 Å². The van der Waals surface area contributed by atoms with Gasteiger partial charge in [-0.3, -0.25) is 9.78 Å². The predicted octanol–water partition coefficient (Wildman–Crippen LogP) is 5.46. The molecule has 10 heteroatoms. The molecule has 43 heavy (non-hydrogen) atoms. The highest BCUT2D eigenvalue weighted by Crippen LogP contribution is 2.30. The second kappa shape index (κ2) is 12.6. The summed E-state index contributed by atoms with van der Waals surface area (Å²) in [5.41, 5.74) is 3.97. The summed E-state index contributed by atoms with van der Waals surface area (Å²) in [4.78, 5) is 38.4. The molecular formula is C33H30N4O6. The third kappa shape index (κ3) is 6.43. The summed E-state index contributed by atoms with van der Waals surface area (Å²) in [5.74, 6) is 1.01. The van der Waals surface area contributed by atoms with Crippen LogP contribution in [-0.4, -0.2) is 58.1 Å². The third-order valence-corrected chi connectivity index (χ3v) is 7.19. The number of ether oxygens (including phenoxy) is 4. The molecule has 218 valence electrons. The van der Waals surface area contributed by atoms with Gasteiger partial charge >= 0.3 is 6.09 Å². The van der Waals surface area contributed by atoms with E-state index >= 15 is 0 Å². The fraction of sp³-hybridized carbons (Fsp3) is 0.212. The van der Waals surface area contributed by atoms with Crippen molar-refractivity contribution in [3.05, 3.63) is 120 Å². The lowest BCUT2D eigenvalue weighted by Crippen LogP contribution is -2.38. The summed E-state index contributed by atoms with van der Waals surface area (Å²) in [7, 11) is 1.55. The monoisotopic (exact) mass is 578 g/mol. The molecule has 3 aromatic rings. The van der Waals surface area contributed by atoms with Crippen molar-refractivity contribution < 1.29 is 28.5 Å². The number of cyclic esters (lactones) is 1. The molecule has 0 spiro atoms. The van der Waals surface area contributed by atoms with Crippen LogP contribution in [0.3, 0.4) is 0 Å². The van der Waals surface area contributed by atoms with Crippen LogP contribution < -0.4 is 4.74 Å². The van der Waals surface area contributed by atoms with Crippen molar-refractivity contribution in [3.63, 3.8) is 0 Å². The van der Waals surface area contributed by atoms with Crippen molar-refractivity contribution in [1.82, 2.24) is 19.8 Å². The minimum absolute atomic E-state index is 0.177. The average Bonchev–Trinajstić information content (AvgIpc) is 3.43. The van der Waals surface area contributed by atoms with Gasteiger partial charge in [-0.15, -0.1) is 0 Å². The number of carbonyl (C=O) groups is 2. The number of amides is 2. The molecule has 0 unspecified atom stereocenters. The van der Waals surface area contributed by atoms with E-state index in [1.807, 2.05) is 48.6 Å². The van der Waals surface area contributed by atoms with Crippen molar-refractivity contribution >= 4 is 29.1 Å². The van der Waals surface area contributed by atoms with Crippen LogP contribution in [0.15, 0.2) is 109 Å². The topological polar surface area (TPSA) is 103 Å². The summed E-state index contributed by atoms with van der Waals surface area (Å²) < 4.78 is 22.5. The average molecular weight is 579 g/mol. The summed E-state index contributed by atoms with van der Waals surface area (Å²) in [6.45, 7) is 0.704. The Hall–Kier alpha value is -5.38. The number of hydrogen-bond acceptors (Lipinski definition) is 8. The van der Waals surface area contributed by atoms with Crippen molar-refractivity contribution in [3.8, 4) is 5.88 Å². The van der Waals surface area contributed by atoms with Crippen LogP contribution in [0, 0.1) is 0 Å². The van der Waals surface area contributed by atoms with Crippen LogP contribution in [0.1, 0.15) is 24.0 Å². The van der Waals surface area contributed by atoms with Crippen molar-refractivity contribution in [2.75, 3.05) is 20.2 Å². The van der Waals surface area contributed by atoms with Crippen LogP contribution in [-0.2, 0) is 25.5 Å². The Kier molecular flexibility index (Phi) is 8.17. The van der Waals surface area contributed by atoms with Gasteiger partial charge in [-0.25, -0.2) is 14.7 Å². The minimum atomic E-state index is -0.586. The van der Waals surface area contributed by atoms with E-state index in [2.05, 4.69) is 16.0 Å². The first-order valence-electron chi connectivity index (χ1n) is 14.0. The molecule has 3 aliphatic rings. The second-order valence-electron chi connectivity index (χ2n) is 10.1. The van der Waals surface area contributed by atoms with Crippen LogP contribution in [0.5, 0.6) is 5.88 Å². The highest BCUT2D eigenvalue weighted by Gasteiger charge is 2.37. The van der Waals surface area contributed by atoms with Gasteiger partial charge in [0.05, 0.1) is 31.2 Å². The molecule has 1 saturated heterocycles. The van der Waals surface area contributed by atoms with E-state index in [0.29, 0.717) is 29.2 Å². The minimum Gasteiger partial charge on any atom is -0.481 e. The molecule has 4 heterocycles. The number of nitrogens with zero attached hydrogens (tertiary/aromatic N) is 4. The molecule has 0 saturated carbocycles. The highest BCUT2D eigenvalue weighted by atomic mass is 16.6. The zero-order chi connectivity index (χ0) is 29.6. The van der Waals surface area contributed by atoms with Gasteiger partial charge in [-0.1, -0.05) is 48.6 Å². The van der Waals surface area contributed by atoms with Gasteiger partial charge < -0.3 is 23.8 Å². The molecule has 2 amide bonds. The first-order valence-corrected chi connectivity index (χ1v) is 14.0. The van der Waals surface area contributed by atoms with Gasteiger partial charge in [-0.2, -0.15) is 0 Å². The Bertz CT molecular complexity index is 1680. The maximum atomic E-state index is 13.6. The molecule has 0 radical (unpaired) electrons. The number of pyridine rings is 2. The van der Waals surface area contributed by atoms with E-state index in [-0.39, 0.29) is 24.9 Å². The fourth-order valence-corrected chi connectivity index (χ4v) is 5.00. The number of fused-ring (bicyclic) bond motifs is 1. The van der Waals surface area contributed by atoms with Gasteiger partial charge in [0.1, 0.15) is 12.4 Å².